The van der Waals surface area contributed by atoms with Crippen LogP contribution >= 0.6 is 0 Å². The predicted octanol–water partition coefficient (Wildman–Crippen LogP) is 2.84. The second-order valence-corrected chi connectivity index (χ2v) is 5.02. The van der Waals surface area contributed by atoms with E-state index in [9.17, 15) is 4.79 Å². The zero-order chi connectivity index (χ0) is 15.0. The summed E-state index contributed by atoms with van der Waals surface area (Å²) in [5.74, 6) is 0.477. The van der Waals surface area contributed by atoms with E-state index < -0.39 is 0 Å². The van der Waals surface area contributed by atoms with Crippen molar-refractivity contribution in [3.8, 4) is 0 Å². The molecule has 0 aliphatic heterocycles. The molecule has 0 saturated carbocycles. The largest absolute Gasteiger partial charge is 0.305 e. The molecular formula is C16H16N4O. The van der Waals surface area contributed by atoms with Crippen LogP contribution in [0, 0.1) is 13.8 Å². The van der Waals surface area contributed by atoms with E-state index in [-0.39, 0.29) is 5.91 Å². The fourth-order valence-corrected chi connectivity index (χ4v) is 2.41. The minimum Gasteiger partial charge on any atom is -0.305 e. The average Bonchev–Trinajstić information content (AvgIpc) is 2.73. The van der Waals surface area contributed by atoms with Crippen molar-refractivity contribution in [1.82, 2.24) is 14.8 Å². The van der Waals surface area contributed by atoms with E-state index in [4.69, 9.17) is 0 Å². The molecule has 3 rings (SSSR count). The van der Waals surface area contributed by atoms with Crippen LogP contribution in [0.1, 0.15) is 21.7 Å². The van der Waals surface area contributed by atoms with Gasteiger partial charge in [0.25, 0.3) is 5.91 Å². The number of carbonyl (C=O) groups is 1. The fourth-order valence-electron chi connectivity index (χ4n) is 2.41. The first-order chi connectivity index (χ1) is 10.1. The smallest absolute Gasteiger partial charge is 0.276 e. The third kappa shape index (κ3) is 2.27. The second kappa shape index (κ2) is 5.01. The molecule has 0 unspecified atom stereocenters. The number of amides is 1. The van der Waals surface area contributed by atoms with Crippen LogP contribution in [0.4, 0.5) is 5.82 Å². The van der Waals surface area contributed by atoms with Gasteiger partial charge in [0.05, 0.1) is 5.69 Å². The average molecular weight is 280 g/mol. The summed E-state index contributed by atoms with van der Waals surface area (Å²) in [5, 5.41) is 9.05. The Kier molecular flexibility index (Phi) is 3.17. The van der Waals surface area contributed by atoms with E-state index >= 15 is 0 Å². The van der Waals surface area contributed by atoms with Gasteiger partial charge in [-0.3, -0.25) is 14.5 Å². The van der Waals surface area contributed by atoms with Crippen LogP contribution in [0.15, 0.2) is 36.5 Å². The van der Waals surface area contributed by atoms with E-state index in [1.807, 2.05) is 51.2 Å². The topological polar surface area (TPSA) is 59.8 Å². The standard InChI is InChI=1S/C16H16N4O/c1-10-11(2)19-20(3)15(10)18-16(21)14-13-7-5-4-6-12(13)8-9-17-14/h4-9H,1-3H3,(H,18,21). The van der Waals surface area contributed by atoms with Crippen molar-refractivity contribution in [3.63, 3.8) is 0 Å². The third-order valence-electron chi connectivity index (χ3n) is 3.64. The Morgan fingerprint density at radius 2 is 1.95 bits per heavy atom. The first-order valence-electron chi connectivity index (χ1n) is 6.73. The molecule has 1 amide bonds. The minimum atomic E-state index is -0.224. The van der Waals surface area contributed by atoms with Gasteiger partial charge in [-0.25, -0.2) is 0 Å². The minimum absolute atomic E-state index is 0.224. The van der Waals surface area contributed by atoms with Crippen LogP contribution in [0.25, 0.3) is 10.8 Å². The molecule has 0 radical (unpaired) electrons. The molecule has 1 N–H and O–H groups in total. The molecule has 1 aromatic carbocycles. The number of nitrogens with zero attached hydrogens (tertiary/aromatic N) is 3. The highest BCUT2D eigenvalue weighted by molar-refractivity contribution is 6.11. The number of aryl methyl sites for hydroxylation is 2. The van der Waals surface area contributed by atoms with Gasteiger partial charge in [0.2, 0.25) is 0 Å². The Bertz CT molecular complexity index is 830. The Morgan fingerprint density at radius 3 is 2.67 bits per heavy atom. The van der Waals surface area contributed by atoms with Crippen molar-refractivity contribution >= 4 is 22.5 Å². The van der Waals surface area contributed by atoms with Crippen molar-refractivity contribution in [2.45, 2.75) is 13.8 Å². The van der Waals surface area contributed by atoms with Gasteiger partial charge in [-0.05, 0) is 25.3 Å². The molecule has 3 aromatic rings. The van der Waals surface area contributed by atoms with Crippen LogP contribution in [-0.2, 0) is 7.05 Å². The summed E-state index contributed by atoms with van der Waals surface area (Å²) in [4.78, 5) is 16.8. The summed E-state index contributed by atoms with van der Waals surface area (Å²) in [5.41, 5.74) is 2.29. The Morgan fingerprint density at radius 1 is 1.19 bits per heavy atom. The summed E-state index contributed by atoms with van der Waals surface area (Å²) in [6.07, 6.45) is 1.65. The van der Waals surface area contributed by atoms with Crippen molar-refractivity contribution in [2.75, 3.05) is 5.32 Å². The summed E-state index contributed by atoms with van der Waals surface area (Å²) >= 11 is 0. The second-order valence-electron chi connectivity index (χ2n) is 5.02. The molecule has 106 valence electrons. The normalized spacial score (nSPS) is 10.8. The third-order valence-corrected chi connectivity index (χ3v) is 3.64. The number of aromatic nitrogens is 3. The predicted molar refractivity (Wildman–Crippen MR) is 82.4 cm³/mol. The molecular weight excluding hydrogens is 264 g/mol. The highest BCUT2D eigenvalue weighted by atomic mass is 16.2. The molecule has 0 spiro atoms. The zero-order valence-electron chi connectivity index (χ0n) is 12.2. The lowest BCUT2D eigenvalue weighted by atomic mass is 10.1. The van der Waals surface area contributed by atoms with Crippen LogP contribution in [0.5, 0.6) is 0 Å². The molecule has 0 bridgehead atoms. The number of pyridine rings is 1. The number of hydrogen-bond donors (Lipinski definition) is 1. The molecule has 0 atom stereocenters. The van der Waals surface area contributed by atoms with Gasteiger partial charge in [0.15, 0.2) is 0 Å². The van der Waals surface area contributed by atoms with Crippen molar-refractivity contribution < 1.29 is 4.79 Å². The lowest BCUT2D eigenvalue weighted by Crippen LogP contribution is -2.17. The number of rotatable bonds is 2. The summed E-state index contributed by atoms with van der Waals surface area (Å²) in [7, 11) is 1.81. The quantitative estimate of drug-likeness (QED) is 0.785. The molecule has 0 aliphatic carbocycles. The van der Waals surface area contributed by atoms with Crippen molar-refractivity contribution in [2.24, 2.45) is 7.05 Å². The molecule has 5 heteroatoms. The number of benzene rings is 1. The molecule has 0 saturated heterocycles. The zero-order valence-corrected chi connectivity index (χ0v) is 12.2. The maximum absolute atomic E-state index is 12.5. The number of anilines is 1. The Balaban J connectivity index is 2.02. The van der Waals surface area contributed by atoms with E-state index in [2.05, 4.69) is 15.4 Å². The summed E-state index contributed by atoms with van der Waals surface area (Å²) in [6, 6.07) is 9.61. The molecule has 2 aromatic heterocycles. The molecule has 5 nitrogen and oxygen atoms in total. The molecule has 21 heavy (non-hydrogen) atoms. The van der Waals surface area contributed by atoms with Crippen molar-refractivity contribution in [1.29, 1.82) is 0 Å². The maximum Gasteiger partial charge on any atom is 0.276 e. The summed E-state index contributed by atoms with van der Waals surface area (Å²) < 4.78 is 1.67. The monoisotopic (exact) mass is 280 g/mol. The Hall–Kier alpha value is -2.69. The van der Waals surface area contributed by atoms with Gasteiger partial charge in [-0.1, -0.05) is 24.3 Å². The lowest BCUT2D eigenvalue weighted by molar-refractivity contribution is 0.102. The number of carbonyl (C=O) groups excluding carboxylic acids is 1. The van der Waals surface area contributed by atoms with E-state index in [0.29, 0.717) is 11.5 Å². The number of hydrogen-bond acceptors (Lipinski definition) is 3. The highest BCUT2D eigenvalue weighted by Crippen LogP contribution is 2.20. The first kappa shape index (κ1) is 13.3. The number of fused-ring (bicyclic) bond motifs is 1. The van der Waals surface area contributed by atoms with Gasteiger partial charge in [0.1, 0.15) is 11.5 Å². The molecule has 0 fully saturated rings. The van der Waals surface area contributed by atoms with Crippen LogP contribution in [-0.4, -0.2) is 20.7 Å². The van der Waals surface area contributed by atoms with Gasteiger partial charge in [-0.2, -0.15) is 5.10 Å². The Labute approximate surface area is 122 Å². The van der Waals surface area contributed by atoms with Gasteiger partial charge < -0.3 is 5.32 Å². The van der Waals surface area contributed by atoms with Crippen LogP contribution < -0.4 is 5.32 Å². The number of nitrogens with one attached hydrogen (secondary N) is 1. The highest BCUT2D eigenvalue weighted by Gasteiger charge is 2.16. The van der Waals surface area contributed by atoms with Gasteiger partial charge >= 0.3 is 0 Å². The molecule has 2 heterocycles. The maximum atomic E-state index is 12.5. The van der Waals surface area contributed by atoms with E-state index in [0.717, 1.165) is 22.0 Å². The van der Waals surface area contributed by atoms with Crippen LogP contribution in [0.2, 0.25) is 0 Å². The fraction of sp³-hybridized carbons (Fsp3) is 0.188. The SMILES string of the molecule is Cc1nn(C)c(NC(=O)c2nccc3ccccc23)c1C. The lowest BCUT2D eigenvalue weighted by Gasteiger charge is -2.08. The summed E-state index contributed by atoms with van der Waals surface area (Å²) in [6.45, 7) is 3.86. The first-order valence-corrected chi connectivity index (χ1v) is 6.73. The van der Waals surface area contributed by atoms with Crippen molar-refractivity contribution in [3.05, 3.63) is 53.5 Å². The van der Waals surface area contributed by atoms with Gasteiger partial charge in [-0.15, -0.1) is 0 Å². The van der Waals surface area contributed by atoms with E-state index in [1.165, 1.54) is 0 Å². The molecule has 0 aliphatic rings. The van der Waals surface area contributed by atoms with Crippen LogP contribution in [0.3, 0.4) is 0 Å². The van der Waals surface area contributed by atoms with E-state index in [1.54, 1.807) is 10.9 Å². The van der Waals surface area contributed by atoms with Gasteiger partial charge in [0, 0.05) is 24.2 Å².